The largest absolute Gasteiger partial charge is 0.491 e. The van der Waals surface area contributed by atoms with Gasteiger partial charge in [-0.3, -0.25) is 4.79 Å². The number of H-pyrrole nitrogens is 1. The Morgan fingerprint density at radius 2 is 1.97 bits per heavy atom. The van der Waals surface area contributed by atoms with Crippen LogP contribution >= 0.6 is 0 Å². The standard InChI is InChI=1S/C30H31N5O2/c1-3-24(4-2)32-10-11-35-12-13-37-28-16-21(8-9-25(28)30(35)36)23-15-26-27(19-34-29(26)33-18-23)22-7-5-6-20(14-22)17-31/h5-9,14-16,18-19,24,32H,3-4,10-13H2,1-2H3,(H,33,34). The Morgan fingerprint density at radius 1 is 1.11 bits per heavy atom. The predicted octanol–water partition coefficient (Wildman–Crippen LogP) is 5.38. The molecule has 0 atom stereocenters. The van der Waals surface area contributed by atoms with E-state index in [1.54, 1.807) is 6.07 Å². The Bertz CT molecular complexity index is 1460. The monoisotopic (exact) mass is 493 g/mol. The lowest BCUT2D eigenvalue weighted by Crippen LogP contribution is -2.40. The maximum Gasteiger partial charge on any atom is 0.257 e. The van der Waals surface area contributed by atoms with Crippen molar-refractivity contribution in [3.8, 4) is 34.1 Å². The molecule has 0 unspecified atom stereocenters. The molecule has 0 fully saturated rings. The van der Waals surface area contributed by atoms with E-state index in [0.29, 0.717) is 42.6 Å². The van der Waals surface area contributed by atoms with E-state index in [2.05, 4.69) is 41.3 Å². The number of fused-ring (bicyclic) bond motifs is 2. The van der Waals surface area contributed by atoms with Crippen LogP contribution in [0.15, 0.2) is 60.9 Å². The molecule has 5 rings (SSSR count). The molecule has 2 aromatic carbocycles. The summed E-state index contributed by atoms with van der Waals surface area (Å²) in [5.41, 5.74) is 5.79. The topological polar surface area (TPSA) is 94.0 Å². The van der Waals surface area contributed by atoms with E-state index in [9.17, 15) is 10.1 Å². The van der Waals surface area contributed by atoms with Gasteiger partial charge in [-0.1, -0.05) is 32.0 Å². The second-order valence-corrected chi connectivity index (χ2v) is 9.33. The molecule has 1 aliphatic rings. The number of benzene rings is 2. The van der Waals surface area contributed by atoms with Crippen LogP contribution in [0, 0.1) is 11.3 Å². The fourth-order valence-electron chi connectivity index (χ4n) is 4.89. The van der Waals surface area contributed by atoms with E-state index in [1.807, 2.05) is 53.7 Å². The highest BCUT2D eigenvalue weighted by Crippen LogP contribution is 2.34. The lowest BCUT2D eigenvalue weighted by molar-refractivity contribution is 0.0755. The van der Waals surface area contributed by atoms with Crippen molar-refractivity contribution >= 4 is 16.9 Å². The fourth-order valence-corrected chi connectivity index (χ4v) is 4.89. The van der Waals surface area contributed by atoms with Crippen molar-refractivity contribution in [2.45, 2.75) is 32.7 Å². The highest BCUT2D eigenvalue weighted by atomic mass is 16.5. The van der Waals surface area contributed by atoms with Gasteiger partial charge in [0.05, 0.1) is 23.7 Å². The Kier molecular flexibility index (Phi) is 7.20. The molecule has 2 aromatic heterocycles. The van der Waals surface area contributed by atoms with Crippen molar-refractivity contribution in [3.05, 3.63) is 72.1 Å². The third-order valence-corrected chi connectivity index (χ3v) is 7.09. The average molecular weight is 494 g/mol. The average Bonchev–Trinajstić information content (AvgIpc) is 3.30. The second kappa shape index (κ2) is 10.9. The minimum Gasteiger partial charge on any atom is -0.491 e. The lowest BCUT2D eigenvalue weighted by atomic mass is 10.00. The van der Waals surface area contributed by atoms with E-state index in [1.165, 1.54) is 0 Å². The normalized spacial score (nSPS) is 13.4. The SMILES string of the molecule is CCC(CC)NCCN1CCOc2cc(-c3cnc4[nH]cc(-c5cccc(C#N)c5)c4c3)ccc2C1=O. The van der Waals surface area contributed by atoms with E-state index in [0.717, 1.165) is 52.7 Å². The number of ether oxygens (including phenoxy) is 1. The molecule has 7 heteroatoms. The van der Waals surface area contributed by atoms with Gasteiger partial charge >= 0.3 is 0 Å². The lowest BCUT2D eigenvalue weighted by Gasteiger charge is -2.22. The molecule has 0 bridgehead atoms. The molecule has 1 amide bonds. The Morgan fingerprint density at radius 3 is 2.78 bits per heavy atom. The van der Waals surface area contributed by atoms with Gasteiger partial charge in [-0.05, 0) is 54.3 Å². The van der Waals surface area contributed by atoms with Crippen molar-refractivity contribution < 1.29 is 9.53 Å². The van der Waals surface area contributed by atoms with E-state index < -0.39 is 0 Å². The molecule has 188 valence electrons. The van der Waals surface area contributed by atoms with Gasteiger partial charge in [-0.2, -0.15) is 5.26 Å². The number of aromatic nitrogens is 2. The molecule has 7 nitrogen and oxygen atoms in total. The Labute approximate surface area is 217 Å². The number of carbonyl (C=O) groups excluding carboxylic acids is 1. The first-order valence-corrected chi connectivity index (χ1v) is 12.9. The number of nitrogens with zero attached hydrogens (tertiary/aromatic N) is 3. The zero-order valence-electron chi connectivity index (χ0n) is 21.3. The molecule has 0 radical (unpaired) electrons. The van der Waals surface area contributed by atoms with Gasteiger partial charge in [0.2, 0.25) is 0 Å². The number of pyridine rings is 1. The third-order valence-electron chi connectivity index (χ3n) is 7.09. The van der Waals surface area contributed by atoms with Crippen molar-refractivity contribution in [1.82, 2.24) is 20.2 Å². The van der Waals surface area contributed by atoms with E-state index >= 15 is 0 Å². The number of nitrogens with one attached hydrogen (secondary N) is 2. The minimum absolute atomic E-state index is 0.00395. The van der Waals surface area contributed by atoms with Crippen LogP contribution in [0.2, 0.25) is 0 Å². The summed E-state index contributed by atoms with van der Waals surface area (Å²) in [7, 11) is 0. The Hall–Kier alpha value is -4.15. The van der Waals surface area contributed by atoms with Gasteiger partial charge in [0, 0.05) is 48.0 Å². The first-order chi connectivity index (χ1) is 18.1. The van der Waals surface area contributed by atoms with Crippen LogP contribution in [-0.2, 0) is 0 Å². The summed E-state index contributed by atoms with van der Waals surface area (Å²) < 4.78 is 6.03. The van der Waals surface area contributed by atoms with Gasteiger partial charge in [0.25, 0.3) is 5.91 Å². The van der Waals surface area contributed by atoms with Gasteiger partial charge < -0.3 is 19.9 Å². The van der Waals surface area contributed by atoms with Crippen LogP contribution in [0.1, 0.15) is 42.6 Å². The quantitative estimate of drug-likeness (QED) is 0.344. The molecule has 0 saturated heterocycles. The van der Waals surface area contributed by atoms with Gasteiger partial charge in [-0.15, -0.1) is 0 Å². The fraction of sp³-hybridized carbons (Fsp3) is 0.300. The summed E-state index contributed by atoms with van der Waals surface area (Å²) in [5, 5.41) is 13.8. The zero-order valence-corrected chi connectivity index (χ0v) is 21.3. The summed E-state index contributed by atoms with van der Waals surface area (Å²) in [5.74, 6) is 0.610. The van der Waals surface area contributed by atoms with E-state index in [4.69, 9.17) is 4.74 Å². The molecular formula is C30H31N5O2. The van der Waals surface area contributed by atoms with Crippen molar-refractivity contribution in [1.29, 1.82) is 5.26 Å². The smallest absolute Gasteiger partial charge is 0.257 e. The van der Waals surface area contributed by atoms with Crippen molar-refractivity contribution in [2.24, 2.45) is 0 Å². The van der Waals surface area contributed by atoms with Crippen LogP contribution < -0.4 is 10.1 Å². The van der Waals surface area contributed by atoms with Crippen molar-refractivity contribution in [2.75, 3.05) is 26.2 Å². The van der Waals surface area contributed by atoms with Gasteiger partial charge in [-0.25, -0.2) is 4.98 Å². The summed E-state index contributed by atoms with van der Waals surface area (Å²) in [6.45, 7) is 6.81. The molecule has 1 aliphatic heterocycles. The third kappa shape index (κ3) is 5.07. The molecular weight excluding hydrogens is 462 g/mol. The van der Waals surface area contributed by atoms with Crippen molar-refractivity contribution in [3.63, 3.8) is 0 Å². The predicted molar refractivity (Wildman–Crippen MR) is 145 cm³/mol. The molecule has 2 N–H and O–H groups in total. The van der Waals surface area contributed by atoms with Gasteiger partial charge in [0.15, 0.2) is 0 Å². The molecule has 4 aromatic rings. The maximum absolute atomic E-state index is 13.3. The Balaban J connectivity index is 1.40. The summed E-state index contributed by atoms with van der Waals surface area (Å²) in [6, 6.07) is 18.1. The van der Waals surface area contributed by atoms with Crippen LogP contribution in [0.5, 0.6) is 5.75 Å². The minimum atomic E-state index is 0.00395. The van der Waals surface area contributed by atoms with Gasteiger partial charge in [0.1, 0.15) is 18.0 Å². The number of amides is 1. The summed E-state index contributed by atoms with van der Waals surface area (Å²) in [4.78, 5) is 23.0. The number of carbonyl (C=O) groups is 1. The molecule has 37 heavy (non-hydrogen) atoms. The summed E-state index contributed by atoms with van der Waals surface area (Å²) in [6.07, 6.45) is 5.90. The molecule has 0 saturated carbocycles. The van der Waals surface area contributed by atoms with Crippen LogP contribution in [0.3, 0.4) is 0 Å². The first-order valence-electron chi connectivity index (χ1n) is 12.9. The highest BCUT2D eigenvalue weighted by molar-refractivity contribution is 5.99. The zero-order chi connectivity index (χ0) is 25.8. The van der Waals surface area contributed by atoms with Crippen LogP contribution in [0.25, 0.3) is 33.3 Å². The molecule has 0 spiro atoms. The summed E-state index contributed by atoms with van der Waals surface area (Å²) >= 11 is 0. The van der Waals surface area contributed by atoms with Crippen LogP contribution in [0.4, 0.5) is 0 Å². The molecule has 0 aliphatic carbocycles. The number of hydrogen-bond acceptors (Lipinski definition) is 5. The van der Waals surface area contributed by atoms with E-state index in [-0.39, 0.29) is 5.91 Å². The number of aromatic amines is 1. The molecule has 3 heterocycles. The first kappa shape index (κ1) is 24.5. The number of rotatable bonds is 8. The maximum atomic E-state index is 13.3. The second-order valence-electron chi connectivity index (χ2n) is 9.33. The number of hydrogen-bond donors (Lipinski definition) is 2. The number of nitriles is 1. The van der Waals surface area contributed by atoms with Crippen LogP contribution in [-0.4, -0.2) is 53.1 Å². The highest BCUT2D eigenvalue weighted by Gasteiger charge is 2.24.